The quantitative estimate of drug-likeness (QED) is 0.805. The van der Waals surface area contributed by atoms with Gasteiger partial charge in [0.1, 0.15) is 0 Å². The Hall–Kier alpha value is -0.0800. The van der Waals surface area contributed by atoms with Crippen molar-refractivity contribution in [2.75, 3.05) is 13.1 Å². The molecule has 0 aromatic rings. The van der Waals surface area contributed by atoms with Crippen molar-refractivity contribution in [3.8, 4) is 0 Å². The molecule has 2 heteroatoms. The van der Waals surface area contributed by atoms with Crippen molar-refractivity contribution in [3.63, 3.8) is 0 Å². The van der Waals surface area contributed by atoms with Gasteiger partial charge in [0, 0.05) is 31.2 Å². The van der Waals surface area contributed by atoms with Gasteiger partial charge in [-0.25, -0.2) is 0 Å². The molecule has 2 nitrogen and oxygen atoms in total. The number of rotatable bonds is 5. The highest BCUT2D eigenvalue weighted by Crippen LogP contribution is 2.29. The maximum absolute atomic E-state index is 3.76. The third kappa shape index (κ3) is 4.24. The van der Waals surface area contributed by atoms with E-state index in [0.717, 1.165) is 12.6 Å². The van der Waals surface area contributed by atoms with Crippen LogP contribution in [0, 0.1) is 5.41 Å². The van der Waals surface area contributed by atoms with Crippen LogP contribution in [0.5, 0.6) is 0 Å². The summed E-state index contributed by atoms with van der Waals surface area (Å²) in [5.74, 6) is 0. The molecule has 0 radical (unpaired) electrons. The van der Waals surface area contributed by atoms with Gasteiger partial charge < -0.3 is 5.32 Å². The lowest BCUT2D eigenvalue weighted by atomic mass is 9.82. The zero-order valence-corrected chi connectivity index (χ0v) is 13.4. The second-order valence-electron chi connectivity index (χ2n) is 7.11. The third-order valence-corrected chi connectivity index (χ3v) is 4.34. The highest BCUT2D eigenvalue weighted by molar-refractivity contribution is 4.94. The Balaban J connectivity index is 2.73. The summed E-state index contributed by atoms with van der Waals surface area (Å²) >= 11 is 0. The van der Waals surface area contributed by atoms with Gasteiger partial charge >= 0.3 is 0 Å². The minimum absolute atomic E-state index is 0.367. The topological polar surface area (TPSA) is 15.3 Å². The van der Waals surface area contributed by atoms with E-state index in [2.05, 4.69) is 51.8 Å². The number of nitrogens with zero attached hydrogens (tertiary/aromatic N) is 1. The van der Waals surface area contributed by atoms with Gasteiger partial charge in [0.05, 0.1) is 0 Å². The van der Waals surface area contributed by atoms with Gasteiger partial charge in [0.15, 0.2) is 0 Å². The monoisotopic (exact) mass is 254 g/mol. The molecule has 0 spiro atoms. The van der Waals surface area contributed by atoms with Gasteiger partial charge in [0.25, 0.3) is 0 Å². The van der Waals surface area contributed by atoms with Crippen molar-refractivity contribution in [1.82, 2.24) is 10.2 Å². The molecule has 0 saturated carbocycles. The summed E-state index contributed by atoms with van der Waals surface area (Å²) in [6.45, 7) is 16.5. The molecule has 3 atom stereocenters. The number of nitrogens with one attached hydrogen (secondary N) is 1. The molecule has 1 heterocycles. The zero-order valence-electron chi connectivity index (χ0n) is 13.4. The average Bonchev–Trinajstić information content (AvgIpc) is 2.28. The minimum Gasteiger partial charge on any atom is -0.311 e. The molecule has 0 aromatic carbocycles. The van der Waals surface area contributed by atoms with E-state index in [9.17, 15) is 0 Å². The van der Waals surface area contributed by atoms with E-state index < -0.39 is 0 Å². The van der Waals surface area contributed by atoms with Crippen molar-refractivity contribution in [1.29, 1.82) is 0 Å². The van der Waals surface area contributed by atoms with Crippen LogP contribution in [-0.2, 0) is 0 Å². The Kier molecular flexibility index (Phi) is 6.13. The van der Waals surface area contributed by atoms with Crippen molar-refractivity contribution in [2.24, 2.45) is 5.41 Å². The molecule has 1 fully saturated rings. The van der Waals surface area contributed by atoms with Crippen molar-refractivity contribution >= 4 is 0 Å². The van der Waals surface area contributed by atoms with E-state index in [1.54, 1.807) is 0 Å². The van der Waals surface area contributed by atoms with Crippen molar-refractivity contribution in [2.45, 2.75) is 85.4 Å². The summed E-state index contributed by atoms with van der Waals surface area (Å²) < 4.78 is 0. The van der Waals surface area contributed by atoms with Gasteiger partial charge in [0.2, 0.25) is 0 Å². The standard InChI is InChI=1S/C16H34N2/c1-7-9-13(3)18-12-14(10-8-2)17-11-15(18)16(4,5)6/h13-15,17H,7-12H2,1-6H3. The van der Waals surface area contributed by atoms with E-state index in [1.807, 2.05) is 0 Å². The second-order valence-corrected chi connectivity index (χ2v) is 7.11. The number of hydrogen-bond acceptors (Lipinski definition) is 2. The fraction of sp³-hybridized carbons (Fsp3) is 1.00. The van der Waals surface area contributed by atoms with Crippen LogP contribution in [0.1, 0.15) is 67.2 Å². The van der Waals surface area contributed by atoms with Crippen LogP contribution in [0.4, 0.5) is 0 Å². The van der Waals surface area contributed by atoms with Gasteiger partial charge in [-0.15, -0.1) is 0 Å². The van der Waals surface area contributed by atoms with Crippen LogP contribution in [-0.4, -0.2) is 36.1 Å². The van der Waals surface area contributed by atoms with Crippen molar-refractivity contribution in [3.05, 3.63) is 0 Å². The van der Waals surface area contributed by atoms with E-state index in [4.69, 9.17) is 0 Å². The van der Waals surface area contributed by atoms with Gasteiger partial charge in [-0.3, -0.25) is 4.90 Å². The highest BCUT2D eigenvalue weighted by atomic mass is 15.3. The number of piperazine rings is 1. The largest absolute Gasteiger partial charge is 0.311 e. The first-order valence-corrected chi connectivity index (χ1v) is 7.89. The summed E-state index contributed by atoms with van der Waals surface area (Å²) in [6.07, 6.45) is 5.21. The second kappa shape index (κ2) is 6.91. The molecule has 1 rings (SSSR count). The molecule has 108 valence electrons. The fourth-order valence-electron chi connectivity index (χ4n) is 3.26. The van der Waals surface area contributed by atoms with Crippen LogP contribution in [0.3, 0.4) is 0 Å². The van der Waals surface area contributed by atoms with Crippen LogP contribution in [0.15, 0.2) is 0 Å². The predicted molar refractivity (Wildman–Crippen MR) is 81.0 cm³/mol. The van der Waals surface area contributed by atoms with E-state index in [1.165, 1.54) is 32.2 Å². The Morgan fingerprint density at radius 2 is 1.89 bits per heavy atom. The SMILES string of the molecule is CCCC1CN(C(C)CCC)C(C(C)(C)C)CN1. The van der Waals surface area contributed by atoms with Gasteiger partial charge in [-0.2, -0.15) is 0 Å². The first-order valence-electron chi connectivity index (χ1n) is 7.89. The van der Waals surface area contributed by atoms with E-state index in [0.29, 0.717) is 17.5 Å². The lowest BCUT2D eigenvalue weighted by molar-refractivity contribution is 0.0215. The van der Waals surface area contributed by atoms with Crippen molar-refractivity contribution < 1.29 is 0 Å². The van der Waals surface area contributed by atoms with Gasteiger partial charge in [-0.05, 0) is 25.2 Å². The van der Waals surface area contributed by atoms with Gasteiger partial charge in [-0.1, -0.05) is 47.5 Å². The maximum atomic E-state index is 3.76. The zero-order chi connectivity index (χ0) is 13.8. The molecule has 0 aliphatic carbocycles. The first-order chi connectivity index (χ1) is 8.40. The summed E-state index contributed by atoms with van der Waals surface area (Å²) in [5.41, 5.74) is 0.367. The molecule has 1 aliphatic rings. The van der Waals surface area contributed by atoms with E-state index >= 15 is 0 Å². The lowest BCUT2D eigenvalue weighted by Crippen LogP contribution is -2.62. The average molecular weight is 254 g/mol. The maximum Gasteiger partial charge on any atom is 0.0272 e. The number of hydrogen-bond donors (Lipinski definition) is 1. The molecule has 0 amide bonds. The predicted octanol–water partition coefficient (Wildman–Crippen LogP) is 3.66. The van der Waals surface area contributed by atoms with Crippen LogP contribution < -0.4 is 5.32 Å². The smallest absolute Gasteiger partial charge is 0.0272 e. The summed E-state index contributed by atoms with van der Waals surface area (Å²) in [6, 6.07) is 2.10. The molecule has 1 saturated heterocycles. The first kappa shape index (κ1) is 16.0. The minimum atomic E-state index is 0.367. The molecule has 1 aliphatic heterocycles. The Bertz CT molecular complexity index is 232. The summed E-state index contributed by atoms with van der Waals surface area (Å²) in [7, 11) is 0. The molecular weight excluding hydrogens is 220 g/mol. The van der Waals surface area contributed by atoms with E-state index in [-0.39, 0.29) is 0 Å². The summed E-state index contributed by atoms with van der Waals surface area (Å²) in [4.78, 5) is 2.78. The molecule has 18 heavy (non-hydrogen) atoms. The molecule has 3 unspecified atom stereocenters. The Morgan fingerprint density at radius 1 is 1.22 bits per heavy atom. The molecule has 0 bridgehead atoms. The Morgan fingerprint density at radius 3 is 2.39 bits per heavy atom. The lowest BCUT2D eigenvalue weighted by Gasteiger charge is -2.49. The fourth-order valence-corrected chi connectivity index (χ4v) is 3.26. The third-order valence-electron chi connectivity index (χ3n) is 4.34. The normalized spacial score (nSPS) is 28.3. The molecular formula is C16H34N2. The molecule has 1 N–H and O–H groups in total. The van der Waals surface area contributed by atoms with Crippen LogP contribution in [0.2, 0.25) is 0 Å². The Labute approximate surface area is 115 Å². The van der Waals surface area contributed by atoms with Crippen LogP contribution >= 0.6 is 0 Å². The summed E-state index contributed by atoms with van der Waals surface area (Å²) in [5, 5.41) is 3.76. The molecule has 0 aromatic heterocycles. The van der Waals surface area contributed by atoms with Crippen LogP contribution in [0.25, 0.3) is 0 Å². The highest BCUT2D eigenvalue weighted by Gasteiger charge is 2.37.